The summed E-state index contributed by atoms with van der Waals surface area (Å²) in [5.74, 6) is 0.676. The highest BCUT2D eigenvalue weighted by Gasteiger charge is 2.41. The summed E-state index contributed by atoms with van der Waals surface area (Å²) in [4.78, 5) is 17.2. The van der Waals surface area contributed by atoms with Crippen LogP contribution in [0.15, 0.2) is 163 Å². The molecule has 8 aromatic rings. The molecule has 0 bridgehead atoms. The first-order valence-corrected chi connectivity index (χ1v) is 21.4. The molecule has 2 unspecified atom stereocenters. The van der Waals surface area contributed by atoms with E-state index in [-0.39, 0.29) is 10.8 Å². The highest BCUT2D eigenvalue weighted by atomic mass is 32.1. The van der Waals surface area contributed by atoms with E-state index in [9.17, 15) is 0 Å². The Balaban J connectivity index is 1.09. The van der Waals surface area contributed by atoms with Crippen LogP contribution in [0.3, 0.4) is 0 Å². The SMILES string of the molecule is CC12Cc3ccccc3C=C1Cc1c(c3c(c4sc5ccccc5c14)N(c1ccc(-c4cc(-c5ccccn5)nc(-c5ccccc5)n4)cc1)C(S)/C=C\C=C/C3)C2. The maximum atomic E-state index is 5.37. The van der Waals surface area contributed by atoms with Gasteiger partial charge in [-0.25, -0.2) is 9.97 Å². The Hall–Kier alpha value is -6.08. The molecule has 1 aliphatic heterocycles. The number of thiophene rings is 1. The van der Waals surface area contributed by atoms with Gasteiger partial charge in [0.2, 0.25) is 0 Å². The minimum absolute atomic E-state index is 0.0477. The van der Waals surface area contributed by atoms with Gasteiger partial charge in [-0.15, -0.1) is 24.0 Å². The Morgan fingerprint density at radius 3 is 2.38 bits per heavy atom. The standard InChI is InChI=1S/C52H40N4S2/c1-52-31-36-17-9-8-16-35(36)28-37(52)29-41-42(32-52)39-18-6-3-7-22-47(57)56(49(39)50-48(41)40-19-10-11-21-46(40)58-50)38-25-23-33(24-26-38)44-30-45(43-20-12-13-27-53-43)55-51(54-44)34-14-4-2-5-15-34/h2-17,19-28,30,47,57H,18,29,31-32H2,1H3/b6-3-,22-7-. The molecule has 0 radical (unpaired) electrons. The number of benzene rings is 5. The number of thiol groups is 1. The van der Waals surface area contributed by atoms with Crippen molar-refractivity contribution in [1.29, 1.82) is 0 Å². The Morgan fingerprint density at radius 1 is 0.724 bits per heavy atom. The largest absolute Gasteiger partial charge is 0.324 e. The van der Waals surface area contributed by atoms with Crippen LogP contribution >= 0.6 is 24.0 Å². The lowest BCUT2D eigenvalue weighted by molar-refractivity contribution is 0.367. The third-order valence-corrected chi connectivity index (χ3v) is 13.9. The molecule has 4 nitrogen and oxygen atoms in total. The Bertz CT molecular complexity index is 2920. The van der Waals surface area contributed by atoms with Gasteiger partial charge in [0.1, 0.15) is 0 Å². The third-order valence-electron chi connectivity index (χ3n) is 12.3. The number of fused-ring (bicyclic) bond motifs is 10. The van der Waals surface area contributed by atoms with Crippen molar-refractivity contribution in [1.82, 2.24) is 15.0 Å². The van der Waals surface area contributed by atoms with Crippen molar-refractivity contribution in [2.75, 3.05) is 4.90 Å². The number of anilines is 2. The summed E-state index contributed by atoms with van der Waals surface area (Å²) in [6.07, 6.45) is 17.1. The molecule has 2 aliphatic carbocycles. The van der Waals surface area contributed by atoms with Gasteiger partial charge in [0.15, 0.2) is 5.82 Å². The van der Waals surface area contributed by atoms with E-state index < -0.39 is 0 Å². The van der Waals surface area contributed by atoms with Gasteiger partial charge in [-0.2, -0.15) is 0 Å². The van der Waals surface area contributed by atoms with E-state index in [0.717, 1.165) is 59.6 Å². The number of pyridine rings is 1. The molecule has 2 atom stereocenters. The fraction of sp³-hybridized carbons (Fsp3) is 0.135. The molecule has 0 amide bonds. The van der Waals surface area contributed by atoms with E-state index in [1.165, 1.54) is 53.7 Å². The molecular weight excluding hydrogens is 745 g/mol. The molecule has 3 aliphatic rings. The van der Waals surface area contributed by atoms with Crippen molar-refractivity contribution in [2.24, 2.45) is 5.41 Å². The van der Waals surface area contributed by atoms with E-state index in [1.807, 2.05) is 53.9 Å². The van der Waals surface area contributed by atoms with E-state index in [4.69, 9.17) is 22.6 Å². The van der Waals surface area contributed by atoms with E-state index >= 15 is 0 Å². The Kier molecular flexibility index (Phi) is 8.53. The zero-order valence-corrected chi connectivity index (χ0v) is 33.8. The number of hydrogen-bond donors (Lipinski definition) is 1. The average molecular weight is 785 g/mol. The lowest BCUT2D eigenvalue weighted by Crippen LogP contribution is -2.34. The van der Waals surface area contributed by atoms with Crippen LogP contribution in [0.4, 0.5) is 11.4 Å². The quantitative estimate of drug-likeness (QED) is 0.181. The zero-order valence-electron chi connectivity index (χ0n) is 32.1. The maximum absolute atomic E-state index is 5.37. The molecule has 58 heavy (non-hydrogen) atoms. The van der Waals surface area contributed by atoms with Gasteiger partial charge in [0, 0.05) is 38.5 Å². The highest BCUT2D eigenvalue weighted by molar-refractivity contribution is 7.81. The van der Waals surface area contributed by atoms with Crippen LogP contribution in [0.2, 0.25) is 0 Å². The number of aromatic nitrogens is 3. The predicted molar refractivity (Wildman–Crippen MR) is 246 cm³/mol. The summed E-state index contributed by atoms with van der Waals surface area (Å²) in [5, 5.41) is 2.55. The fourth-order valence-corrected chi connectivity index (χ4v) is 11.1. The molecule has 0 N–H and O–H groups in total. The minimum Gasteiger partial charge on any atom is -0.324 e. The van der Waals surface area contributed by atoms with Crippen LogP contribution < -0.4 is 4.90 Å². The van der Waals surface area contributed by atoms with Crippen molar-refractivity contribution in [3.05, 3.63) is 191 Å². The minimum atomic E-state index is -0.200. The Labute approximate surface area is 348 Å². The Morgan fingerprint density at radius 2 is 1.52 bits per heavy atom. The third kappa shape index (κ3) is 5.93. The summed E-state index contributed by atoms with van der Waals surface area (Å²) < 4.78 is 2.66. The summed E-state index contributed by atoms with van der Waals surface area (Å²) in [7, 11) is 0. The second kappa shape index (κ2) is 14.1. The molecule has 11 rings (SSSR count). The van der Waals surface area contributed by atoms with E-state index in [0.29, 0.717) is 5.82 Å². The van der Waals surface area contributed by atoms with Gasteiger partial charge in [0.25, 0.3) is 0 Å². The molecule has 3 aromatic heterocycles. The number of hydrogen-bond acceptors (Lipinski definition) is 6. The normalized spacial score (nSPS) is 19.5. The molecule has 0 saturated carbocycles. The van der Waals surface area contributed by atoms with Crippen molar-refractivity contribution in [2.45, 2.75) is 38.0 Å². The van der Waals surface area contributed by atoms with Crippen LogP contribution in [-0.4, -0.2) is 20.3 Å². The number of allylic oxidation sites excluding steroid dienone is 4. The second-order valence-corrected chi connectivity index (χ2v) is 17.5. The smallest absolute Gasteiger partial charge is 0.160 e. The summed E-state index contributed by atoms with van der Waals surface area (Å²) >= 11 is 7.29. The van der Waals surface area contributed by atoms with E-state index in [1.54, 1.807) is 5.57 Å². The van der Waals surface area contributed by atoms with Crippen LogP contribution in [0.25, 0.3) is 60.3 Å². The molecule has 0 saturated heterocycles. The van der Waals surface area contributed by atoms with Crippen molar-refractivity contribution in [3.8, 4) is 34.0 Å². The van der Waals surface area contributed by atoms with Crippen LogP contribution in [0.1, 0.15) is 34.7 Å². The summed E-state index contributed by atoms with van der Waals surface area (Å²) in [6.45, 7) is 2.50. The average Bonchev–Trinajstić information content (AvgIpc) is 3.68. The number of rotatable bonds is 4. The summed E-state index contributed by atoms with van der Waals surface area (Å²) in [6, 6.07) is 45.0. The fourth-order valence-electron chi connectivity index (χ4n) is 9.44. The monoisotopic (exact) mass is 784 g/mol. The van der Waals surface area contributed by atoms with Gasteiger partial charge in [-0.05, 0) is 95.3 Å². The zero-order chi connectivity index (χ0) is 38.8. The van der Waals surface area contributed by atoms with Gasteiger partial charge < -0.3 is 4.90 Å². The first-order valence-electron chi connectivity index (χ1n) is 20.0. The van der Waals surface area contributed by atoms with Crippen LogP contribution in [-0.2, 0) is 25.7 Å². The van der Waals surface area contributed by atoms with Crippen LogP contribution in [0, 0.1) is 5.41 Å². The first-order chi connectivity index (χ1) is 28.5. The van der Waals surface area contributed by atoms with Crippen molar-refractivity contribution in [3.63, 3.8) is 0 Å². The van der Waals surface area contributed by atoms with Crippen LogP contribution in [0.5, 0.6) is 0 Å². The second-order valence-electron chi connectivity index (χ2n) is 15.9. The van der Waals surface area contributed by atoms with Gasteiger partial charge >= 0.3 is 0 Å². The van der Waals surface area contributed by atoms with E-state index in [2.05, 4.69) is 138 Å². The highest BCUT2D eigenvalue weighted by Crippen LogP contribution is 2.55. The lowest BCUT2D eigenvalue weighted by Gasteiger charge is -2.43. The number of nitrogens with zero attached hydrogens (tertiary/aromatic N) is 4. The molecule has 0 spiro atoms. The topological polar surface area (TPSA) is 41.9 Å². The molecule has 280 valence electrons. The van der Waals surface area contributed by atoms with Crippen molar-refractivity contribution < 1.29 is 0 Å². The lowest BCUT2D eigenvalue weighted by atomic mass is 9.62. The van der Waals surface area contributed by atoms with Crippen molar-refractivity contribution >= 4 is 61.6 Å². The molecular formula is C52H40N4S2. The molecule has 4 heterocycles. The first kappa shape index (κ1) is 35.1. The molecule has 0 fully saturated rings. The van der Waals surface area contributed by atoms with Gasteiger partial charge in [0.05, 0.1) is 32.8 Å². The summed E-state index contributed by atoms with van der Waals surface area (Å²) in [5.41, 5.74) is 15.7. The predicted octanol–water partition coefficient (Wildman–Crippen LogP) is 13.0. The van der Waals surface area contributed by atoms with Gasteiger partial charge in [-0.3, -0.25) is 4.98 Å². The molecule has 6 heteroatoms. The van der Waals surface area contributed by atoms with Gasteiger partial charge in [-0.1, -0.05) is 134 Å². The molecule has 5 aromatic carbocycles. The maximum Gasteiger partial charge on any atom is 0.160 e.